The molecule has 0 N–H and O–H groups in total. The first-order valence-electron chi connectivity index (χ1n) is 7.46. The minimum absolute atomic E-state index is 0.180. The van der Waals surface area contributed by atoms with Crippen molar-refractivity contribution in [1.82, 2.24) is 15.0 Å². The average Bonchev–Trinajstić information content (AvgIpc) is 3.08. The number of nitrogens with zero attached hydrogens (tertiary/aromatic N) is 3. The Hall–Kier alpha value is -1.75. The van der Waals surface area contributed by atoms with Gasteiger partial charge < -0.3 is 4.52 Å². The highest BCUT2D eigenvalue weighted by Crippen LogP contribution is 2.32. The van der Waals surface area contributed by atoms with Crippen LogP contribution in [0, 0.1) is 5.82 Å². The molecule has 0 unspecified atom stereocenters. The first kappa shape index (κ1) is 14.2. The van der Waals surface area contributed by atoms with E-state index in [1.807, 2.05) is 19.1 Å². The molecule has 21 heavy (non-hydrogen) atoms. The van der Waals surface area contributed by atoms with Crippen molar-refractivity contribution in [2.45, 2.75) is 45.2 Å². The maximum Gasteiger partial charge on any atom is 0.226 e. The maximum absolute atomic E-state index is 13.0. The number of likely N-dealkylation sites (tertiary alicyclic amines) is 1. The highest BCUT2D eigenvalue weighted by atomic mass is 19.1. The standard InChI is InChI=1S/C16H20FN3O/c1-3-16-18-15(19-21-16)10-20-9-13(8-11(20)2)12-4-6-14(17)7-5-12/h4-7,11,13H,3,8-10H2,1-2H3/t11-,13-/m1/s1. The molecule has 2 atom stereocenters. The van der Waals surface area contributed by atoms with Crippen LogP contribution in [0.3, 0.4) is 0 Å². The molecule has 112 valence electrons. The fourth-order valence-corrected chi connectivity index (χ4v) is 2.97. The molecule has 2 heterocycles. The quantitative estimate of drug-likeness (QED) is 0.867. The molecule has 0 amide bonds. The molecule has 0 bridgehead atoms. The normalized spacial score (nSPS) is 22.8. The number of benzene rings is 1. The van der Waals surface area contributed by atoms with Gasteiger partial charge in [-0.25, -0.2) is 4.39 Å². The van der Waals surface area contributed by atoms with E-state index in [9.17, 15) is 4.39 Å². The SMILES string of the molecule is CCc1nc(CN2C[C@H](c3ccc(F)cc3)C[C@H]2C)no1. The van der Waals surface area contributed by atoms with Gasteiger partial charge in [-0.1, -0.05) is 24.2 Å². The number of aromatic nitrogens is 2. The van der Waals surface area contributed by atoms with Gasteiger partial charge in [0.15, 0.2) is 5.82 Å². The van der Waals surface area contributed by atoms with Gasteiger partial charge in [0.05, 0.1) is 6.54 Å². The minimum Gasteiger partial charge on any atom is -0.339 e. The van der Waals surface area contributed by atoms with Crippen LogP contribution < -0.4 is 0 Å². The van der Waals surface area contributed by atoms with Gasteiger partial charge in [-0.15, -0.1) is 0 Å². The summed E-state index contributed by atoms with van der Waals surface area (Å²) in [5.74, 6) is 1.70. The lowest BCUT2D eigenvalue weighted by molar-refractivity contribution is 0.247. The lowest BCUT2D eigenvalue weighted by Crippen LogP contribution is -2.27. The Morgan fingerprint density at radius 1 is 1.33 bits per heavy atom. The van der Waals surface area contributed by atoms with E-state index < -0.39 is 0 Å². The molecule has 4 nitrogen and oxygen atoms in total. The molecule has 2 aromatic rings. The number of aryl methyl sites for hydroxylation is 1. The molecule has 0 aliphatic carbocycles. The van der Waals surface area contributed by atoms with E-state index in [0.29, 0.717) is 24.4 Å². The summed E-state index contributed by atoms with van der Waals surface area (Å²) in [6.45, 7) is 5.87. The Morgan fingerprint density at radius 2 is 2.10 bits per heavy atom. The van der Waals surface area contributed by atoms with Gasteiger partial charge in [0, 0.05) is 19.0 Å². The number of hydrogen-bond donors (Lipinski definition) is 0. The van der Waals surface area contributed by atoms with Crippen molar-refractivity contribution >= 4 is 0 Å². The monoisotopic (exact) mass is 289 g/mol. The molecule has 1 saturated heterocycles. The van der Waals surface area contributed by atoms with Gasteiger partial charge in [-0.3, -0.25) is 4.90 Å². The van der Waals surface area contributed by atoms with Gasteiger partial charge in [0.1, 0.15) is 5.82 Å². The Morgan fingerprint density at radius 3 is 2.76 bits per heavy atom. The molecule has 1 aromatic heterocycles. The number of hydrogen-bond acceptors (Lipinski definition) is 4. The molecule has 0 radical (unpaired) electrons. The van der Waals surface area contributed by atoms with Gasteiger partial charge in [0.2, 0.25) is 5.89 Å². The van der Waals surface area contributed by atoms with Gasteiger partial charge in [-0.2, -0.15) is 4.98 Å². The van der Waals surface area contributed by atoms with Crippen molar-refractivity contribution in [3.05, 3.63) is 47.4 Å². The third-order valence-electron chi connectivity index (χ3n) is 4.20. The molecule has 3 rings (SSSR count). The van der Waals surface area contributed by atoms with Crippen molar-refractivity contribution in [3.8, 4) is 0 Å². The predicted octanol–water partition coefficient (Wildman–Crippen LogP) is 3.15. The lowest BCUT2D eigenvalue weighted by Gasteiger charge is -2.18. The minimum atomic E-state index is -0.180. The van der Waals surface area contributed by atoms with E-state index in [1.165, 1.54) is 17.7 Å². The zero-order valence-electron chi connectivity index (χ0n) is 12.4. The van der Waals surface area contributed by atoms with E-state index in [0.717, 1.165) is 25.2 Å². The zero-order valence-corrected chi connectivity index (χ0v) is 12.4. The maximum atomic E-state index is 13.0. The Kier molecular flexibility index (Phi) is 4.01. The van der Waals surface area contributed by atoms with Gasteiger partial charge in [-0.05, 0) is 37.0 Å². The summed E-state index contributed by atoms with van der Waals surface area (Å²) in [4.78, 5) is 6.73. The van der Waals surface area contributed by atoms with Crippen LogP contribution in [-0.2, 0) is 13.0 Å². The van der Waals surface area contributed by atoms with Gasteiger partial charge >= 0.3 is 0 Å². The van der Waals surface area contributed by atoms with Crippen LogP contribution in [0.15, 0.2) is 28.8 Å². The van der Waals surface area contributed by atoms with Crippen molar-refractivity contribution < 1.29 is 8.91 Å². The second kappa shape index (κ2) is 5.93. The Bertz CT molecular complexity index is 596. The lowest BCUT2D eigenvalue weighted by atomic mass is 9.97. The van der Waals surface area contributed by atoms with Crippen molar-refractivity contribution in [1.29, 1.82) is 0 Å². The summed E-state index contributed by atoms with van der Waals surface area (Å²) in [7, 11) is 0. The van der Waals surface area contributed by atoms with E-state index in [-0.39, 0.29) is 5.82 Å². The summed E-state index contributed by atoms with van der Waals surface area (Å²) < 4.78 is 18.2. The van der Waals surface area contributed by atoms with Crippen LogP contribution in [0.1, 0.15) is 43.5 Å². The molecule has 0 saturated carbocycles. The third kappa shape index (κ3) is 3.13. The van der Waals surface area contributed by atoms with Crippen molar-refractivity contribution in [3.63, 3.8) is 0 Å². The molecule has 1 aromatic carbocycles. The summed E-state index contributed by atoms with van der Waals surface area (Å²) >= 11 is 0. The average molecular weight is 289 g/mol. The summed E-state index contributed by atoms with van der Waals surface area (Å²) in [6, 6.07) is 7.31. The van der Waals surface area contributed by atoms with Crippen molar-refractivity contribution in [2.75, 3.05) is 6.54 Å². The molecule has 1 aliphatic heterocycles. The Labute approximate surface area is 124 Å². The largest absolute Gasteiger partial charge is 0.339 e. The summed E-state index contributed by atoms with van der Waals surface area (Å²) in [5.41, 5.74) is 1.20. The predicted molar refractivity (Wildman–Crippen MR) is 77.3 cm³/mol. The molecule has 0 spiro atoms. The van der Waals surface area contributed by atoms with Crippen LogP contribution in [0.2, 0.25) is 0 Å². The summed E-state index contributed by atoms with van der Waals surface area (Å²) in [6.07, 6.45) is 1.84. The number of halogens is 1. The van der Waals surface area contributed by atoms with Crippen LogP contribution in [-0.4, -0.2) is 27.6 Å². The van der Waals surface area contributed by atoms with Crippen molar-refractivity contribution in [2.24, 2.45) is 0 Å². The second-order valence-corrected chi connectivity index (χ2v) is 5.72. The smallest absolute Gasteiger partial charge is 0.226 e. The molecular formula is C16H20FN3O. The fraction of sp³-hybridized carbons (Fsp3) is 0.500. The fourth-order valence-electron chi connectivity index (χ4n) is 2.97. The van der Waals surface area contributed by atoms with Crippen LogP contribution in [0.5, 0.6) is 0 Å². The zero-order chi connectivity index (χ0) is 14.8. The van der Waals surface area contributed by atoms with E-state index in [2.05, 4.69) is 22.0 Å². The Balaban J connectivity index is 1.66. The molecule has 1 fully saturated rings. The number of rotatable bonds is 4. The summed E-state index contributed by atoms with van der Waals surface area (Å²) in [5, 5.41) is 4.02. The van der Waals surface area contributed by atoms with Crippen LogP contribution in [0.25, 0.3) is 0 Å². The molecule has 1 aliphatic rings. The first-order valence-corrected chi connectivity index (χ1v) is 7.46. The highest BCUT2D eigenvalue weighted by molar-refractivity contribution is 5.22. The van der Waals surface area contributed by atoms with Crippen LogP contribution in [0.4, 0.5) is 4.39 Å². The van der Waals surface area contributed by atoms with Gasteiger partial charge in [0.25, 0.3) is 0 Å². The van der Waals surface area contributed by atoms with E-state index in [1.54, 1.807) is 0 Å². The third-order valence-corrected chi connectivity index (χ3v) is 4.20. The van der Waals surface area contributed by atoms with E-state index >= 15 is 0 Å². The van der Waals surface area contributed by atoms with Crippen LogP contribution >= 0.6 is 0 Å². The van der Waals surface area contributed by atoms with E-state index in [4.69, 9.17) is 4.52 Å². The molecule has 5 heteroatoms. The second-order valence-electron chi connectivity index (χ2n) is 5.72. The first-order chi connectivity index (χ1) is 10.2. The topological polar surface area (TPSA) is 42.2 Å². The highest BCUT2D eigenvalue weighted by Gasteiger charge is 2.30. The molecular weight excluding hydrogens is 269 g/mol.